The molecule has 0 saturated carbocycles. The average molecular weight is 398 g/mol. The van der Waals surface area contributed by atoms with Crippen LogP contribution >= 0.6 is 0 Å². The van der Waals surface area contributed by atoms with Crippen LogP contribution in [-0.4, -0.2) is 44.7 Å². The number of sulfonamides is 1. The van der Waals surface area contributed by atoms with E-state index in [-0.39, 0.29) is 11.4 Å². The van der Waals surface area contributed by atoms with Crippen molar-refractivity contribution in [2.45, 2.75) is 18.4 Å². The highest BCUT2D eigenvalue weighted by Gasteiger charge is 2.19. The molecule has 0 bridgehead atoms. The molecular weight excluding hydrogens is 376 g/mol. The zero-order valence-corrected chi connectivity index (χ0v) is 16.4. The van der Waals surface area contributed by atoms with Crippen LogP contribution in [0.3, 0.4) is 0 Å². The van der Waals surface area contributed by atoms with Crippen LogP contribution in [0.2, 0.25) is 0 Å². The zero-order chi connectivity index (χ0) is 19.6. The molecule has 1 aliphatic heterocycles. The molecule has 1 fully saturated rings. The molecule has 28 heavy (non-hydrogen) atoms. The van der Waals surface area contributed by atoms with Gasteiger partial charge >= 0.3 is 0 Å². The van der Waals surface area contributed by atoms with Gasteiger partial charge in [-0.1, -0.05) is 36.4 Å². The summed E-state index contributed by atoms with van der Waals surface area (Å²) >= 11 is 0. The summed E-state index contributed by atoms with van der Waals surface area (Å²) < 4.78 is 33.8. The number of aromatic nitrogens is 2. The molecule has 1 saturated heterocycles. The molecule has 0 amide bonds. The molecule has 1 N–H and O–H groups in total. The minimum absolute atomic E-state index is 0.0323. The number of ether oxygens (including phenoxy) is 1. The fraction of sp³-hybridized carbons (Fsp3) is 0.300. The average Bonchev–Trinajstić information content (AvgIpc) is 2.72. The molecule has 0 aliphatic carbocycles. The summed E-state index contributed by atoms with van der Waals surface area (Å²) in [5.74, 6) is 1.25. The van der Waals surface area contributed by atoms with Crippen molar-refractivity contribution in [1.29, 1.82) is 0 Å². The second-order valence-electron chi connectivity index (χ2n) is 6.69. The van der Waals surface area contributed by atoms with Crippen molar-refractivity contribution in [2.24, 2.45) is 0 Å². The van der Waals surface area contributed by atoms with Crippen molar-refractivity contribution in [3.8, 4) is 0 Å². The monoisotopic (exact) mass is 398 g/mol. The number of anilines is 1. The number of nitrogens with zero attached hydrogens (tertiary/aromatic N) is 3. The molecule has 2 aromatic carbocycles. The van der Waals surface area contributed by atoms with Crippen LogP contribution in [0, 0.1) is 6.92 Å². The van der Waals surface area contributed by atoms with E-state index in [0.29, 0.717) is 24.4 Å². The number of hydrogen-bond acceptors (Lipinski definition) is 6. The molecule has 0 unspecified atom stereocenters. The summed E-state index contributed by atoms with van der Waals surface area (Å²) in [5, 5.41) is 1.57. The summed E-state index contributed by atoms with van der Waals surface area (Å²) in [6, 6.07) is 14.6. The highest BCUT2D eigenvalue weighted by atomic mass is 32.2. The van der Waals surface area contributed by atoms with Gasteiger partial charge in [0.05, 0.1) is 24.7 Å². The summed E-state index contributed by atoms with van der Waals surface area (Å²) in [6.07, 6.45) is 0. The third-order valence-corrected chi connectivity index (χ3v) is 6.14. The molecule has 3 aromatic rings. The summed E-state index contributed by atoms with van der Waals surface area (Å²) in [7, 11) is -3.70. The molecule has 4 rings (SSSR count). The van der Waals surface area contributed by atoms with Crippen LogP contribution in [-0.2, 0) is 21.3 Å². The third kappa shape index (κ3) is 3.99. The minimum atomic E-state index is -3.70. The Hall–Kier alpha value is -2.55. The Labute approximate surface area is 164 Å². The molecule has 0 spiro atoms. The summed E-state index contributed by atoms with van der Waals surface area (Å²) in [6.45, 7) is 4.76. The first-order chi connectivity index (χ1) is 13.5. The molecular formula is C20H22N4O3S. The van der Waals surface area contributed by atoms with Gasteiger partial charge in [0.1, 0.15) is 11.6 Å². The van der Waals surface area contributed by atoms with E-state index in [1.807, 2.05) is 43.3 Å². The Balaban J connectivity index is 1.57. The van der Waals surface area contributed by atoms with Crippen molar-refractivity contribution >= 4 is 26.6 Å². The second kappa shape index (κ2) is 7.83. The van der Waals surface area contributed by atoms with Crippen molar-refractivity contribution < 1.29 is 13.2 Å². The van der Waals surface area contributed by atoms with Crippen LogP contribution in [0.5, 0.6) is 0 Å². The van der Waals surface area contributed by atoms with E-state index in [1.54, 1.807) is 12.1 Å². The fourth-order valence-corrected chi connectivity index (χ4v) is 4.52. The van der Waals surface area contributed by atoms with E-state index in [4.69, 9.17) is 4.74 Å². The molecule has 0 radical (unpaired) electrons. The maximum atomic E-state index is 12.9. The van der Waals surface area contributed by atoms with Gasteiger partial charge in [0.15, 0.2) is 0 Å². The molecule has 8 heteroatoms. The Morgan fingerprint density at radius 2 is 1.82 bits per heavy atom. The number of aryl methyl sites for hydroxylation is 1. The van der Waals surface area contributed by atoms with E-state index in [1.165, 1.54) is 0 Å². The SMILES string of the molecule is Cc1cc(N2CCOCC2)nc(CNS(=O)(=O)c2cccc3ccccc23)n1. The Bertz CT molecular complexity index is 1090. The molecule has 1 aromatic heterocycles. The second-order valence-corrected chi connectivity index (χ2v) is 8.42. The van der Waals surface area contributed by atoms with Gasteiger partial charge in [0.2, 0.25) is 10.0 Å². The first kappa shape index (κ1) is 18.8. The normalized spacial score (nSPS) is 15.1. The number of hydrogen-bond donors (Lipinski definition) is 1. The van der Waals surface area contributed by atoms with Crippen LogP contribution in [0.1, 0.15) is 11.5 Å². The van der Waals surface area contributed by atoms with Crippen LogP contribution in [0.25, 0.3) is 10.8 Å². The Morgan fingerprint density at radius 3 is 2.64 bits per heavy atom. The van der Waals surface area contributed by atoms with E-state index in [0.717, 1.165) is 30.0 Å². The van der Waals surface area contributed by atoms with E-state index in [2.05, 4.69) is 19.6 Å². The minimum Gasteiger partial charge on any atom is -0.378 e. The highest BCUT2D eigenvalue weighted by Crippen LogP contribution is 2.23. The number of benzene rings is 2. The van der Waals surface area contributed by atoms with Gasteiger partial charge in [-0.05, 0) is 18.4 Å². The van der Waals surface area contributed by atoms with Crippen LogP contribution in [0.4, 0.5) is 5.82 Å². The van der Waals surface area contributed by atoms with Gasteiger partial charge in [0, 0.05) is 30.2 Å². The largest absolute Gasteiger partial charge is 0.378 e. The number of rotatable bonds is 5. The predicted octanol–water partition coefficient (Wildman–Crippen LogP) is 2.25. The van der Waals surface area contributed by atoms with E-state index < -0.39 is 10.0 Å². The van der Waals surface area contributed by atoms with Crippen molar-refractivity contribution in [2.75, 3.05) is 31.2 Å². The molecule has 1 aliphatic rings. The zero-order valence-electron chi connectivity index (χ0n) is 15.6. The maximum Gasteiger partial charge on any atom is 0.241 e. The van der Waals surface area contributed by atoms with Crippen molar-refractivity contribution in [3.63, 3.8) is 0 Å². The van der Waals surface area contributed by atoms with Crippen molar-refractivity contribution in [1.82, 2.24) is 14.7 Å². The van der Waals surface area contributed by atoms with E-state index >= 15 is 0 Å². The van der Waals surface area contributed by atoms with Crippen LogP contribution < -0.4 is 9.62 Å². The Kier molecular flexibility index (Phi) is 5.25. The summed E-state index contributed by atoms with van der Waals surface area (Å²) in [5.41, 5.74) is 0.802. The fourth-order valence-electron chi connectivity index (χ4n) is 3.31. The summed E-state index contributed by atoms with van der Waals surface area (Å²) in [4.78, 5) is 11.3. The lowest BCUT2D eigenvalue weighted by molar-refractivity contribution is 0.122. The predicted molar refractivity (Wildman–Crippen MR) is 108 cm³/mol. The molecule has 2 heterocycles. The number of morpholine rings is 1. The smallest absolute Gasteiger partial charge is 0.241 e. The molecule has 146 valence electrons. The lowest BCUT2D eigenvalue weighted by Crippen LogP contribution is -2.37. The lowest BCUT2D eigenvalue weighted by atomic mass is 10.1. The number of fused-ring (bicyclic) bond motifs is 1. The highest BCUT2D eigenvalue weighted by molar-refractivity contribution is 7.89. The topological polar surface area (TPSA) is 84.4 Å². The Morgan fingerprint density at radius 1 is 1.07 bits per heavy atom. The van der Waals surface area contributed by atoms with Crippen molar-refractivity contribution in [3.05, 3.63) is 60.0 Å². The molecule has 7 nitrogen and oxygen atoms in total. The standard InChI is InChI=1S/C20H22N4O3S/c1-15-13-20(24-9-11-27-12-10-24)23-19(22-15)14-21-28(25,26)18-8-4-6-16-5-2-3-7-17(16)18/h2-8,13,21H,9-12,14H2,1H3. The third-order valence-electron chi connectivity index (χ3n) is 4.68. The lowest BCUT2D eigenvalue weighted by Gasteiger charge is -2.28. The van der Waals surface area contributed by atoms with Gasteiger partial charge in [-0.15, -0.1) is 0 Å². The quantitative estimate of drug-likeness (QED) is 0.710. The first-order valence-corrected chi connectivity index (χ1v) is 10.7. The first-order valence-electron chi connectivity index (χ1n) is 9.18. The van der Waals surface area contributed by atoms with Gasteiger partial charge in [0.25, 0.3) is 0 Å². The molecule has 0 atom stereocenters. The van der Waals surface area contributed by atoms with Gasteiger partial charge in [-0.2, -0.15) is 0 Å². The van der Waals surface area contributed by atoms with E-state index in [9.17, 15) is 8.42 Å². The number of nitrogens with one attached hydrogen (secondary N) is 1. The maximum absolute atomic E-state index is 12.9. The van der Waals surface area contributed by atoms with Gasteiger partial charge in [-0.25, -0.2) is 23.1 Å². The van der Waals surface area contributed by atoms with Crippen LogP contribution in [0.15, 0.2) is 53.4 Å². The van der Waals surface area contributed by atoms with Gasteiger partial charge < -0.3 is 9.64 Å². The van der Waals surface area contributed by atoms with Gasteiger partial charge in [-0.3, -0.25) is 0 Å².